The van der Waals surface area contributed by atoms with Crippen molar-refractivity contribution in [2.75, 3.05) is 6.54 Å². The van der Waals surface area contributed by atoms with Crippen molar-refractivity contribution in [2.24, 2.45) is 5.92 Å². The Morgan fingerprint density at radius 1 is 1.50 bits per heavy atom. The number of rotatable bonds is 5. The molecule has 0 saturated heterocycles. The zero-order chi connectivity index (χ0) is 13.1. The molecule has 1 aromatic carbocycles. The molecule has 1 N–H and O–H groups in total. The van der Waals surface area contributed by atoms with E-state index >= 15 is 0 Å². The largest absolute Gasteiger partial charge is 0.310 e. The van der Waals surface area contributed by atoms with Gasteiger partial charge in [0.2, 0.25) is 0 Å². The van der Waals surface area contributed by atoms with Crippen molar-refractivity contribution in [1.29, 1.82) is 0 Å². The van der Waals surface area contributed by atoms with Gasteiger partial charge >= 0.3 is 0 Å². The topological polar surface area (TPSA) is 12.0 Å². The fourth-order valence-electron chi connectivity index (χ4n) is 1.79. The van der Waals surface area contributed by atoms with E-state index in [4.69, 9.17) is 11.6 Å². The highest BCUT2D eigenvalue weighted by molar-refractivity contribution is 9.10. The van der Waals surface area contributed by atoms with Gasteiger partial charge in [-0.15, -0.1) is 0 Å². The van der Waals surface area contributed by atoms with Gasteiger partial charge in [0, 0.05) is 22.1 Å². The minimum absolute atomic E-state index is 0.538. The second-order valence-electron chi connectivity index (χ2n) is 5.19. The molecule has 0 atom stereocenters. The van der Waals surface area contributed by atoms with E-state index in [2.05, 4.69) is 47.2 Å². The van der Waals surface area contributed by atoms with Crippen LogP contribution in [0.3, 0.4) is 0 Å². The SMILES string of the molecule is CC(C)/C(=C/c1ccc(Br)cc1Cl)CNC1CC1. The highest BCUT2D eigenvalue weighted by Gasteiger charge is 2.20. The van der Waals surface area contributed by atoms with E-state index in [-0.39, 0.29) is 0 Å². The number of hydrogen-bond donors (Lipinski definition) is 1. The first-order valence-corrected chi connectivity index (χ1v) is 7.62. The molecule has 0 aromatic heterocycles. The quantitative estimate of drug-likeness (QED) is 0.811. The molecule has 1 fully saturated rings. The predicted octanol–water partition coefficient (Wildman–Crippen LogP) is 4.89. The summed E-state index contributed by atoms with van der Waals surface area (Å²) in [6, 6.07) is 6.78. The lowest BCUT2D eigenvalue weighted by molar-refractivity contribution is 0.662. The molecular formula is C15H19BrClN. The lowest BCUT2D eigenvalue weighted by Gasteiger charge is -2.13. The molecule has 98 valence electrons. The summed E-state index contributed by atoms with van der Waals surface area (Å²) in [6.07, 6.45) is 4.86. The van der Waals surface area contributed by atoms with Crippen molar-refractivity contribution in [2.45, 2.75) is 32.7 Å². The number of halogens is 2. The average Bonchev–Trinajstić information content (AvgIpc) is 3.10. The molecule has 1 aromatic rings. The Hall–Kier alpha value is -0.310. The van der Waals surface area contributed by atoms with Gasteiger partial charge in [-0.05, 0) is 36.5 Å². The van der Waals surface area contributed by atoms with Crippen molar-refractivity contribution in [1.82, 2.24) is 5.32 Å². The van der Waals surface area contributed by atoms with E-state index in [1.165, 1.54) is 18.4 Å². The van der Waals surface area contributed by atoms with Gasteiger partial charge in [0.15, 0.2) is 0 Å². The summed E-state index contributed by atoms with van der Waals surface area (Å²) < 4.78 is 1.02. The van der Waals surface area contributed by atoms with Gasteiger partial charge in [-0.1, -0.05) is 59.1 Å². The molecule has 1 nitrogen and oxygen atoms in total. The maximum Gasteiger partial charge on any atom is 0.0489 e. The second kappa shape index (κ2) is 6.23. The van der Waals surface area contributed by atoms with Crippen LogP contribution in [0.2, 0.25) is 5.02 Å². The third-order valence-electron chi connectivity index (χ3n) is 3.22. The van der Waals surface area contributed by atoms with Crippen molar-refractivity contribution >= 4 is 33.6 Å². The Kier molecular flexibility index (Phi) is 4.88. The van der Waals surface area contributed by atoms with E-state index in [9.17, 15) is 0 Å². The molecule has 0 heterocycles. The lowest BCUT2D eigenvalue weighted by Crippen LogP contribution is -2.21. The number of hydrogen-bond acceptors (Lipinski definition) is 1. The third-order valence-corrected chi connectivity index (χ3v) is 4.04. The Bertz CT molecular complexity index is 450. The van der Waals surface area contributed by atoms with Crippen molar-refractivity contribution < 1.29 is 0 Å². The Morgan fingerprint density at radius 2 is 2.22 bits per heavy atom. The summed E-state index contributed by atoms with van der Waals surface area (Å²) in [6.45, 7) is 5.43. The molecule has 1 aliphatic rings. The van der Waals surface area contributed by atoms with Crippen LogP contribution in [0.5, 0.6) is 0 Å². The molecule has 1 saturated carbocycles. The normalized spacial score (nSPS) is 16.4. The zero-order valence-corrected chi connectivity index (χ0v) is 13.2. The van der Waals surface area contributed by atoms with Crippen molar-refractivity contribution in [3.05, 3.63) is 38.8 Å². The van der Waals surface area contributed by atoms with Crippen LogP contribution in [0.25, 0.3) is 6.08 Å². The highest BCUT2D eigenvalue weighted by atomic mass is 79.9. The summed E-state index contributed by atoms with van der Waals surface area (Å²) in [5, 5.41) is 4.37. The number of nitrogens with one attached hydrogen (secondary N) is 1. The van der Waals surface area contributed by atoms with Gasteiger partial charge in [0.05, 0.1) is 0 Å². The van der Waals surface area contributed by atoms with Crippen LogP contribution in [-0.4, -0.2) is 12.6 Å². The van der Waals surface area contributed by atoms with Gasteiger partial charge in [-0.2, -0.15) is 0 Å². The predicted molar refractivity (Wildman–Crippen MR) is 83.0 cm³/mol. The second-order valence-corrected chi connectivity index (χ2v) is 6.52. The van der Waals surface area contributed by atoms with Gasteiger partial charge in [-0.25, -0.2) is 0 Å². The van der Waals surface area contributed by atoms with Crippen molar-refractivity contribution in [3.63, 3.8) is 0 Å². The third kappa shape index (κ3) is 4.11. The molecule has 0 radical (unpaired) electrons. The lowest BCUT2D eigenvalue weighted by atomic mass is 10.00. The first-order chi connectivity index (χ1) is 8.56. The molecule has 18 heavy (non-hydrogen) atoms. The Morgan fingerprint density at radius 3 is 2.78 bits per heavy atom. The van der Waals surface area contributed by atoms with Crippen LogP contribution >= 0.6 is 27.5 Å². The van der Waals surface area contributed by atoms with E-state index in [0.29, 0.717) is 5.92 Å². The van der Waals surface area contributed by atoms with E-state index < -0.39 is 0 Å². The molecule has 0 spiro atoms. The minimum atomic E-state index is 0.538. The van der Waals surface area contributed by atoms with Gasteiger partial charge in [0.25, 0.3) is 0 Å². The molecule has 3 heteroatoms. The smallest absolute Gasteiger partial charge is 0.0489 e. The molecular weight excluding hydrogens is 310 g/mol. The summed E-state index contributed by atoms with van der Waals surface area (Å²) in [5.74, 6) is 0.538. The standard InChI is InChI=1S/C15H19BrClN/c1-10(2)12(9-18-14-5-6-14)7-11-3-4-13(16)8-15(11)17/h3-4,7-8,10,14,18H,5-6,9H2,1-2H3/b12-7+. The van der Waals surface area contributed by atoms with Crippen molar-refractivity contribution in [3.8, 4) is 0 Å². The van der Waals surface area contributed by atoms with Crippen LogP contribution in [-0.2, 0) is 0 Å². The Labute approximate surface area is 123 Å². The maximum absolute atomic E-state index is 6.26. The fraction of sp³-hybridized carbons (Fsp3) is 0.467. The van der Waals surface area contributed by atoms with E-state index in [1.54, 1.807) is 0 Å². The average molecular weight is 329 g/mol. The summed E-state index contributed by atoms with van der Waals surface area (Å²) >= 11 is 9.69. The molecule has 0 bridgehead atoms. The minimum Gasteiger partial charge on any atom is -0.310 e. The molecule has 0 unspecified atom stereocenters. The molecule has 0 aliphatic heterocycles. The molecule has 1 aliphatic carbocycles. The maximum atomic E-state index is 6.26. The first-order valence-electron chi connectivity index (χ1n) is 6.45. The van der Waals surface area contributed by atoms with Crippen LogP contribution in [0, 0.1) is 5.92 Å². The van der Waals surface area contributed by atoms with E-state index in [1.807, 2.05) is 12.1 Å². The highest BCUT2D eigenvalue weighted by Crippen LogP contribution is 2.25. The zero-order valence-electron chi connectivity index (χ0n) is 10.8. The van der Waals surface area contributed by atoms with Gasteiger partial charge < -0.3 is 5.32 Å². The summed E-state index contributed by atoms with van der Waals surface area (Å²) in [4.78, 5) is 0. The molecule has 2 rings (SSSR count). The van der Waals surface area contributed by atoms with Gasteiger partial charge in [-0.3, -0.25) is 0 Å². The summed E-state index contributed by atoms with van der Waals surface area (Å²) in [7, 11) is 0. The van der Waals surface area contributed by atoms with Gasteiger partial charge in [0.1, 0.15) is 0 Å². The van der Waals surface area contributed by atoms with Crippen LogP contribution in [0.1, 0.15) is 32.3 Å². The first kappa shape index (κ1) is 14.1. The van der Waals surface area contributed by atoms with E-state index in [0.717, 1.165) is 27.6 Å². The number of benzene rings is 1. The van der Waals surface area contributed by atoms with Crippen LogP contribution in [0.4, 0.5) is 0 Å². The van der Waals surface area contributed by atoms with Crippen LogP contribution < -0.4 is 5.32 Å². The Balaban J connectivity index is 2.14. The summed E-state index contributed by atoms with van der Waals surface area (Å²) in [5.41, 5.74) is 2.51. The molecule has 0 amide bonds. The fourth-order valence-corrected chi connectivity index (χ4v) is 2.52. The van der Waals surface area contributed by atoms with Crippen LogP contribution in [0.15, 0.2) is 28.2 Å². The monoisotopic (exact) mass is 327 g/mol.